The molecule has 9 nitrogen and oxygen atoms in total. The molecule has 1 atom stereocenters. The summed E-state index contributed by atoms with van der Waals surface area (Å²) in [4.78, 5) is 26.3. The molecule has 0 bridgehead atoms. The molecular weight excluding hydrogens is 358 g/mol. The number of hydrogen-bond acceptors (Lipinski definition) is 8. The Labute approximate surface area is 152 Å². The summed E-state index contributed by atoms with van der Waals surface area (Å²) in [5, 5.41) is 21.0. The number of nitro groups is 1. The van der Waals surface area contributed by atoms with Crippen molar-refractivity contribution < 1.29 is 14.1 Å². The molecule has 1 unspecified atom stereocenters. The number of aromatic nitrogens is 3. The first-order chi connectivity index (χ1) is 12.5. The van der Waals surface area contributed by atoms with E-state index in [0.717, 1.165) is 17.3 Å². The fourth-order valence-corrected chi connectivity index (χ4v) is 2.67. The summed E-state index contributed by atoms with van der Waals surface area (Å²) in [6.07, 6.45) is 3.24. The summed E-state index contributed by atoms with van der Waals surface area (Å²) in [5.41, 5.74) is 1.17. The van der Waals surface area contributed by atoms with Gasteiger partial charge in [-0.1, -0.05) is 11.8 Å². The summed E-state index contributed by atoms with van der Waals surface area (Å²) in [6.45, 7) is 1.70. The lowest BCUT2D eigenvalue weighted by Crippen LogP contribution is -2.22. The van der Waals surface area contributed by atoms with E-state index in [1.165, 1.54) is 24.3 Å². The van der Waals surface area contributed by atoms with Crippen molar-refractivity contribution in [3.05, 3.63) is 58.9 Å². The van der Waals surface area contributed by atoms with Gasteiger partial charge in [0.05, 0.1) is 10.2 Å². The number of carbonyl (C=O) groups is 1. The van der Waals surface area contributed by atoms with Crippen molar-refractivity contribution in [1.82, 2.24) is 15.2 Å². The Hall–Kier alpha value is -3.27. The number of nitrogens with zero attached hydrogens (tertiary/aromatic N) is 4. The van der Waals surface area contributed by atoms with Crippen LogP contribution in [0.25, 0.3) is 11.5 Å². The van der Waals surface area contributed by atoms with Crippen molar-refractivity contribution in [2.45, 2.75) is 17.4 Å². The maximum Gasteiger partial charge on any atom is 0.277 e. The molecule has 1 amide bonds. The highest BCUT2D eigenvalue weighted by Crippen LogP contribution is 2.26. The number of carbonyl (C=O) groups excluding carboxylic acids is 1. The van der Waals surface area contributed by atoms with E-state index in [9.17, 15) is 14.9 Å². The molecule has 0 aliphatic rings. The highest BCUT2D eigenvalue weighted by Gasteiger charge is 2.19. The van der Waals surface area contributed by atoms with Crippen LogP contribution >= 0.6 is 11.8 Å². The lowest BCUT2D eigenvalue weighted by Gasteiger charge is -2.09. The number of nitrogens with one attached hydrogen (secondary N) is 1. The van der Waals surface area contributed by atoms with Crippen LogP contribution in [0, 0.1) is 10.1 Å². The van der Waals surface area contributed by atoms with Gasteiger partial charge in [-0.05, 0) is 31.2 Å². The molecule has 0 radical (unpaired) electrons. The van der Waals surface area contributed by atoms with E-state index in [1.54, 1.807) is 31.5 Å². The number of anilines is 1. The van der Waals surface area contributed by atoms with Crippen LogP contribution < -0.4 is 5.32 Å². The average molecular weight is 371 g/mol. The van der Waals surface area contributed by atoms with Gasteiger partial charge in [0.1, 0.15) is 0 Å². The third-order valence-electron chi connectivity index (χ3n) is 3.33. The van der Waals surface area contributed by atoms with Crippen LogP contribution in [0.4, 0.5) is 11.4 Å². The van der Waals surface area contributed by atoms with Gasteiger partial charge in [0.2, 0.25) is 11.8 Å². The molecule has 3 rings (SSSR count). The minimum absolute atomic E-state index is 0.0417. The van der Waals surface area contributed by atoms with Gasteiger partial charge in [0.15, 0.2) is 0 Å². The first-order valence-electron chi connectivity index (χ1n) is 7.49. The maximum atomic E-state index is 12.2. The molecule has 1 aromatic carbocycles. The first kappa shape index (κ1) is 17.5. The van der Waals surface area contributed by atoms with E-state index in [0.29, 0.717) is 11.6 Å². The second kappa shape index (κ2) is 7.74. The Morgan fingerprint density at radius 2 is 1.88 bits per heavy atom. The Morgan fingerprint density at radius 1 is 1.19 bits per heavy atom. The van der Waals surface area contributed by atoms with Crippen LogP contribution in [0.15, 0.2) is 58.4 Å². The van der Waals surface area contributed by atoms with Gasteiger partial charge in [-0.25, -0.2) is 0 Å². The normalized spacial score (nSPS) is 11.7. The first-order valence-corrected chi connectivity index (χ1v) is 8.37. The van der Waals surface area contributed by atoms with Crippen LogP contribution in [0.1, 0.15) is 6.92 Å². The third kappa shape index (κ3) is 4.22. The zero-order valence-electron chi connectivity index (χ0n) is 13.5. The van der Waals surface area contributed by atoms with Gasteiger partial charge in [-0.2, -0.15) is 0 Å². The van der Waals surface area contributed by atoms with E-state index in [1.807, 2.05) is 0 Å². The van der Waals surface area contributed by atoms with Gasteiger partial charge in [-0.3, -0.25) is 19.9 Å². The Balaban J connectivity index is 1.61. The largest absolute Gasteiger partial charge is 0.411 e. The number of rotatable bonds is 6. The predicted octanol–water partition coefficient (Wildman–Crippen LogP) is 3.16. The molecule has 0 spiro atoms. The second-order valence-electron chi connectivity index (χ2n) is 5.16. The zero-order chi connectivity index (χ0) is 18.5. The lowest BCUT2D eigenvalue weighted by molar-refractivity contribution is -0.384. The summed E-state index contributed by atoms with van der Waals surface area (Å²) in [5.74, 6) is 0.0605. The molecule has 10 heteroatoms. The van der Waals surface area contributed by atoms with E-state index in [2.05, 4.69) is 20.5 Å². The second-order valence-corrected chi connectivity index (χ2v) is 6.45. The summed E-state index contributed by atoms with van der Waals surface area (Å²) in [6, 6.07) is 9.08. The highest BCUT2D eigenvalue weighted by atomic mass is 32.2. The fourth-order valence-electron chi connectivity index (χ4n) is 1.98. The highest BCUT2D eigenvalue weighted by molar-refractivity contribution is 8.00. The van der Waals surface area contributed by atoms with Gasteiger partial charge < -0.3 is 9.73 Å². The van der Waals surface area contributed by atoms with Crippen molar-refractivity contribution in [2.24, 2.45) is 0 Å². The number of amides is 1. The molecule has 0 aliphatic carbocycles. The summed E-state index contributed by atoms with van der Waals surface area (Å²) >= 11 is 1.12. The van der Waals surface area contributed by atoms with Crippen molar-refractivity contribution in [3.8, 4) is 11.5 Å². The maximum absolute atomic E-state index is 12.2. The van der Waals surface area contributed by atoms with E-state index in [4.69, 9.17) is 4.42 Å². The molecule has 1 N–H and O–H groups in total. The van der Waals surface area contributed by atoms with Crippen molar-refractivity contribution >= 4 is 29.0 Å². The molecule has 0 aliphatic heterocycles. The van der Waals surface area contributed by atoms with Crippen LogP contribution in [0.2, 0.25) is 0 Å². The standard InChI is InChI=1S/C16H13N5O4S/c1-10(14(22)18-12-2-4-13(5-3-12)21(23)24)26-16-20-19-15(25-16)11-6-8-17-9-7-11/h2-10H,1H3,(H,18,22). The van der Waals surface area contributed by atoms with Crippen molar-refractivity contribution in [2.75, 3.05) is 5.32 Å². The number of non-ortho nitro benzene ring substituents is 1. The van der Waals surface area contributed by atoms with Crippen LogP contribution in [-0.2, 0) is 4.79 Å². The summed E-state index contributed by atoms with van der Waals surface area (Å²) in [7, 11) is 0. The molecular formula is C16H13N5O4S. The number of hydrogen-bond donors (Lipinski definition) is 1. The number of thioether (sulfide) groups is 1. The van der Waals surface area contributed by atoms with Crippen molar-refractivity contribution in [1.29, 1.82) is 0 Å². The number of pyridine rings is 1. The van der Waals surface area contributed by atoms with Crippen LogP contribution in [0.5, 0.6) is 0 Å². The van der Waals surface area contributed by atoms with Gasteiger partial charge >= 0.3 is 0 Å². The minimum atomic E-state index is -0.504. The molecule has 0 saturated heterocycles. The lowest BCUT2D eigenvalue weighted by atomic mass is 10.3. The topological polar surface area (TPSA) is 124 Å². The smallest absolute Gasteiger partial charge is 0.277 e. The Morgan fingerprint density at radius 3 is 2.54 bits per heavy atom. The average Bonchev–Trinajstić information content (AvgIpc) is 3.11. The minimum Gasteiger partial charge on any atom is -0.411 e. The monoisotopic (exact) mass is 371 g/mol. The number of benzene rings is 1. The van der Waals surface area contributed by atoms with Gasteiger partial charge in [0.25, 0.3) is 10.9 Å². The Bertz CT molecular complexity index is 914. The van der Waals surface area contributed by atoms with E-state index >= 15 is 0 Å². The number of nitro benzene ring substituents is 1. The molecule has 2 heterocycles. The van der Waals surface area contributed by atoms with E-state index in [-0.39, 0.29) is 16.8 Å². The fraction of sp³-hybridized carbons (Fsp3) is 0.125. The SMILES string of the molecule is CC(Sc1nnc(-c2ccncc2)o1)C(=O)Nc1ccc([N+](=O)[O-])cc1. The molecule has 26 heavy (non-hydrogen) atoms. The van der Waals surface area contributed by atoms with Crippen LogP contribution in [0.3, 0.4) is 0 Å². The zero-order valence-corrected chi connectivity index (χ0v) is 14.3. The molecule has 3 aromatic rings. The quantitative estimate of drug-likeness (QED) is 0.398. The third-order valence-corrected chi connectivity index (χ3v) is 4.26. The molecule has 132 valence electrons. The summed E-state index contributed by atoms with van der Waals surface area (Å²) < 4.78 is 5.54. The van der Waals surface area contributed by atoms with E-state index < -0.39 is 10.2 Å². The van der Waals surface area contributed by atoms with Crippen LogP contribution in [-0.4, -0.2) is 31.3 Å². The van der Waals surface area contributed by atoms with Crippen molar-refractivity contribution in [3.63, 3.8) is 0 Å². The molecule has 2 aromatic heterocycles. The Kier molecular flexibility index (Phi) is 5.23. The molecule has 0 fully saturated rings. The van der Waals surface area contributed by atoms with Gasteiger partial charge in [-0.15, -0.1) is 10.2 Å². The predicted molar refractivity (Wildman–Crippen MR) is 94.6 cm³/mol. The van der Waals surface area contributed by atoms with Gasteiger partial charge in [0, 0.05) is 35.8 Å². The molecule has 0 saturated carbocycles.